The summed E-state index contributed by atoms with van der Waals surface area (Å²) in [5, 5.41) is 2.84. The fourth-order valence-corrected chi connectivity index (χ4v) is 2.29. The third kappa shape index (κ3) is 3.18. The van der Waals surface area contributed by atoms with Crippen LogP contribution in [0.15, 0.2) is 18.5 Å². The van der Waals surface area contributed by atoms with E-state index in [0.29, 0.717) is 11.6 Å². The predicted octanol–water partition coefficient (Wildman–Crippen LogP) is 1.57. The normalized spacial score (nSPS) is 16.7. The topological polar surface area (TPSA) is 45.2 Å². The molecule has 0 unspecified atom stereocenters. The minimum absolute atomic E-state index is 0.0117. The number of rotatable bonds is 3. The minimum Gasteiger partial charge on any atom is -0.369 e. The number of halogens is 1. The Labute approximate surface area is 106 Å². The molecule has 0 aromatic carbocycles. The van der Waals surface area contributed by atoms with Crippen LogP contribution in [0.25, 0.3) is 0 Å². The first-order valence-electron chi connectivity index (χ1n) is 6.25. The monoisotopic (exact) mass is 251 g/mol. The molecule has 1 amide bonds. The Kier molecular flexibility index (Phi) is 4.12. The average molecular weight is 251 g/mol. The number of piperidine rings is 1. The van der Waals surface area contributed by atoms with E-state index in [1.807, 2.05) is 4.90 Å². The first-order valence-corrected chi connectivity index (χ1v) is 6.25. The van der Waals surface area contributed by atoms with Crippen LogP contribution in [-0.4, -0.2) is 30.5 Å². The van der Waals surface area contributed by atoms with Gasteiger partial charge < -0.3 is 10.2 Å². The number of hydrogen-bond donors (Lipinski definition) is 1. The van der Waals surface area contributed by atoms with Crippen LogP contribution in [0.3, 0.4) is 0 Å². The van der Waals surface area contributed by atoms with E-state index in [1.54, 1.807) is 12.3 Å². The summed E-state index contributed by atoms with van der Waals surface area (Å²) in [5.74, 6) is 0.241. The zero-order valence-corrected chi connectivity index (χ0v) is 10.5. The molecule has 1 aromatic heterocycles. The van der Waals surface area contributed by atoms with Gasteiger partial charge in [-0.1, -0.05) is 0 Å². The highest BCUT2D eigenvalue weighted by molar-refractivity contribution is 5.72. The van der Waals surface area contributed by atoms with Crippen molar-refractivity contribution >= 4 is 11.6 Å². The van der Waals surface area contributed by atoms with Crippen molar-refractivity contribution in [1.29, 1.82) is 0 Å². The van der Waals surface area contributed by atoms with Gasteiger partial charge in [0.15, 0.2) is 5.82 Å². The molecular weight excluding hydrogens is 233 g/mol. The maximum atomic E-state index is 13.6. The SMILES string of the molecule is CC(=O)NCC1CCN(c2ccncc2F)CC1. The average Bonchev–Trinajstić information content (AvgIpc) is 2.38. The van der Waals surface area contributed by atoms with Crippen LogP contribution in [-0.2, 0) is 4.79 Å². The Morgan fingerprint density at radius 2 is 2.28 bits per heavy atom. The van der Waals surface area contributed by atoms with Crippen molar-refractivity contribution in [2.75, 3.05) is 24.5 Å². The van der Waals surface area contributed by atoms with E-state index in [2.05, 4.69) is 10.3 Å². The van der Waals surface area contributed by atoms with E-state index in [0.717, 1.165) is 32.5 Å². The molecular formula is C13H18FN3O. The lowest BCUT2D eigenvalue weighted by molar-refractivity contribution is -0.119. The van der Waals surface area contributed by atoms with Gasteiger partial charge in [0.05, 0.1) is 11.9 Å². The number of carbonyl (C=O) groups is 1. The first kappa shape index (κ1) is 12.8. The van der Waals surface area contributed by atoms with Crippen molar-refractivity contribution in [3.05, 3.63) is 24.3 Å². The zero-order chi connectivity index (χ0) is 13.0. The van der Waals surface area contributed by atoms with Crippen LogP contribution in [0, 0.1) is 11.7 Å². The summed E-state index contributed by atoms with van der Waals surface area (Å²) < 4.78 is 13.6. The zero-order valence-electron chi connectivity index (χ0n) is 10.5. The fourth-order valence-electron chi connectivity index (χ4n) is 2.29. The van der Waals surface area contributed by atoms with Gasteiger partial charge in [-0.15, -0.1) is 0 Å². The molecule has 0 radical (unpaired) electrons. The van der Waals surface area contributed by atoms with Gasteiger partial charge in [-0.2, -0.15) is 0 Å². The summed E-state index contributed by atoms with van der Waals surface area (Å²) in [4.78, 5) is 16.6. The number of carbonyl (C=O) groups excluding carboxylic acids is 1. The van der Waals surface area contributed by atoms with E-state index < -0.39 is 0 Å². The lowest BCUT2D eigenvalue weighted by atomic mass is 9.96. The van der Waals surface area contributed by atoms with Gasteiger partial charge in [-0.3, -0.25) is 9.78 Å². The molecule has 2 heterocycles. The van der Waals surface area contributed by atoms with Crippen LogP contribution in [0.4, 0.5) is 10.1 Å². The minimum atomic E-state index is -0.266. The van der Waals surface area contributed by atoms with E-state index in [4.69, 9.17) is 0 Å². The van der Waals surface area contributed by atoms with Crippen LogP contribution >= 0.6 is 0 Å². The second-order valence-electron chi connectivity index (χ2n) is 4.69. The lowest BCUT2D eigenvalue weighted by Crippen LogP contribution is -2.38. The Morgan fingerprint density at radius 1 is 1.56 bits per heavy atom. The van der Waals surface area contributed by atoms with Gasteiger partial charge in [0.25, 0.3) is 0 Å². The van der Waals surface area contributed by atoms with Gasteiger partial charge in [-0.05, 0) is 24.8 Å². The number of nitrogens with zero attached hydrogens (tertiary/aromatic N) is 2. The van der Waals surface area contributed by atoms with E-state index >= 15 is 0 Å². The molecule has 0 atom stereocenters. The lowest BCUT2D eigenvalue weighted by Gasteiger charge is -2.33. The summed E-state index contributed by atoms with van der Waals surface area (Å²) in [6.45, 7) is 3.90. The van der Waals surface area contributed by atoms with Crippen molar-refractivity contribution in [1.82, 2.24) is 10.3 Å². The Balaban J connectivity index is 1.87. The maximum absolute atomic E-state index is 13.6. The molecule has 1 saturated heterocycles. The highest BCUT2D eigenvalue weighted by atomic mass is 19.1. The van der Waals surface area contributed by atoms with E-state index in [9.17, 15) is 9.18 Å². The molecule has 18 heavy (non-hydrogen) atoms. The molecule has 0 saturated carbocycles. The molecule has 1 N–H and O–H groups in total. The largest absolute Gasteiger partial charge is 0.369 e. The van der Waals surface area contributed by atoms with Gasteiger partial charge >= 0.3 is 0 Å². The summed E-state index contributed by atoms with van der Waals surface area (Å²) in [6, 6.07) is 1.71. The third-order valence-electron chi connectivity index (χ3n) is 3.35. The summed E-state index contributed by atoms with van der Waals surface area (Å²) in [6.07, 6.45) is 4.81. The molecule has 1 aliphatic heterocycles. The number of pyridine rings is 1. The standard InChI is InChI=1S/C13H18FN3O/c1-10(18)16-8-11-3-6-17(7-4-11)13-2-5-15-9-12(13)14/h2,5,9,11H,3-4,6-8H2,1H3,(H,16,18). The molecule has 0 spiro atoms. The van der Waals surface area contributed by atoms with Crippen molar-refractivity contribution < 1.29 is 9.18 Å². The molecule has 0 bridgehead atoms. The number of aromatic nitrogens is 1. The quantitative estimate of drug-likeness (QED) is 0.887. The molecule has 98 valence electrons. The van der Waals surface area contributed by atoms with Crippen LogP contribution < -0.4 is 10.2 Å². The fraction of sp³-hybridized carbons (Fsp3) is 0.538. The van der Waals surface area contributed by atoms with Crippen LogP contribution in [0.1, 0.15) is 19.8 Å². The van der Waals surface area contributed by atoms with Gasteiger partial charge in [0.2, 0.25) is 5.91 Å². The Hall–Kier alpha value is -1.65. The van der Waals surface area contributed by atoms with Gasteiger partial charge in [0.1, 0.15) is 0 Å². The van der Waals surface area contributed by atoms with Gasteiger partial charge in [0, 0.05) is 32.8 Å². The molecule has 2 rings (SSSR count). The molecule has 0 aliphatic carbocycles. The van der Waals surface area contributed by atoms with E-state index in [-0.39, 0.29) is 11.7 Å². The van der Waals surface area contributed by atoms with Crippen LogP contribution in [0.5, 0.6) is 0 Å². The number of hydrogen-bond acceptors (Lipinski definition) is 3. The number of amides is 1. The molecule has 1 fully saturated rings. The molecule has 5 heteroatoms. The summed E-state index contributed by atoms with van der Waals surface area (Å²) in [5.41, 5.74) is 0.628. The highest BCUT2D eigenvalue weighted by Gasteiger charge is 2.21. The smallest absolute Gasteiger partial charge is 0.216 e. The Morgan fingerprint density at radius 3 is 2.89 bits per heavy atom. The predicted molar refractivity (Wildman–Crippen MR) is 67.8 cm³/mol. The van der Waals surface area contributed by atoms with Crippen molar-refractivity contribution in [2.24, 2.45) is 5.92 Å². The van der Waals surface area contributed by atoms with Crippen molar-refractivity contribution in [2.45, 2.75) is 19.8 Å². The molecule has 1 aromatic rings. The van der Waals surface area contributed by atoms with E-state index in [1.165, 1.54) is 13.1 Å². The van der Waals surface area contributed by atoms with Crippen LogP contribution in [0.2, 0.25) is 0 Å². The summed E-state index contributed by atoms with van der Waals surface area (Å²) in [7, 11) is 0. The maximum Gasteiger partial charge on any atom is 0.216 e. The number of nitrogens with one attached hydrogen (secondary N) is 1. The van der Waals surface area contributed by atoms with Crippen molar-refractivity contribution in [3.8, 4) is 0 Å². The Bertz CT molecular complexity index is 416. The third-order valence-corrected chi connectivity index (χ3v) is 3.35. The van der Waals surface area contributed by atoms with Gasteiger partial charge in [-0.25, -0.2) is 4.39 Å². The molecule has 4 nitrogen and oxygen atoms in total. The van der Waals surface area contributed by atoms with Crippen molar-refractivity contribution in [3.63, 3.8) is 0 Å². The number of anilines is 1. The first-order chi connectivity index (χ1) is 8.66. The highest BCUT2D eigenvalue weighted by Crippen LogP contribution is 2.24. The second-order valence-corrected chi connectivity index (χ2v) is 4.69. The molecule has 1 aliphatic rings. The second kappa shape index (κ2) is 5.80. The summed E-state index contributed by atoms with van der Waals surface area (Å²) >= 11 is 0.